The Morgan fingerprint density at radius 2 is 1.48 bits per heavy atom. The van der Waals surface area contributed by atoms with E-state index in [9.17, 15) is 4.79 Å². The highest BCUT2D eigenvalue weighted by molar-refractivity contribution is 6.03. The lowest BCUT2D eigenvalue weighted by Gasteiger charge is -2.37. The Bertz CT molecular complexity index is 935. The number of amides is 1. The van der Waals surface area contributed by atoms with Crippen LogP contribution in [0.2, 0.25) is 0 Å². The highest BCUT2D eigenvalue weighted by Crippen LogP contribution is 2.23. The zero-order valence-corrected chi connectivity index (χ0v) is 16.4. The van der Waals surface area contributed by atoms with Gasteiger partial charge in [0.05, 0.1) is 19.0 Å². The molecular weight excluding hydrogens is 364 g/mol. The molecule has 0 aliphatic carbocycles. The third-order valence-electron chi connectivity index (χ3n) is 5.11. The van der Waals surface area contributed by atoms with Crippen LogP contribution in [0.4, 0.5) is 17.2 Å². The number of nitrogens with zero attached hydrogens (tertiary/aromatic N) is 3. The Balaban J connectivity index is 1.33. The zero-order valence-electron chi connectivity index (χ0n) is 16.4. The van der Waals surface area contributed by atoms with Crippen molar-refractivity contribution in [2.45, 2.75) is 0 Å². The molecule has 0 saturated carbocycles. The lowest BCUT2D eigenvalue weighted by molar-refractivity contribution is 0.102. The molecule has 0 atom stereocenters. The van der Waals surface area contributed by atoms with Crippen molar-refractivity contribution in [2.75, 3.05) is 48.4 Å². The van der Waals surface area contributed by atoms with E-state index in [0.717, 1.165) is 37.6 Å². The molecule has 1 fully saturated rings. The van der Waals surface area contributed by atoms with Crippen LogP contribution >= 0.6 is 0 Å². The Labute approximate surface area is 170 Å². The minimum Gasteiger partial charge on any atom is -0.497 e. The van der Waals surface area contributed by atoms with Crippen LogP contribution in [0.5, 0.6) is 5.75 Å². The first-order chi connectivity index (χ1) is 14.2. The standard InChI is InChI=1S/C23H24N4O2/c1-29-21-10-7-19(8-11-21)26-13-15-27(16-14-26)20-9-12-22(24-17-20)25-23(28)18-5-3-2-4-6-18/h2-12,17H,13-16H2,1H3,(H,24,25,28). The van der Waals surface area contributed by atoms with E-state index in [1.54, 1.807) is 19.2 Å². The minimum atomic E-state index is -0.154. The maximum atomic E-state index is 12.2. The normalized spacial score (nSPS) is 13.8. The average molecular weight is 388 g/mol. The number of pyridine rings is 1. The summed E-state index contributed by atoms with van der Waals surface area (Å²) in [5, 5.41) is 2.84. The lowest BCUT2D eigenvalue weighted by atomic mass is 10.2. The summed E-state index contributed by atoms with van der Waals surface area (Å²) in [6.45, 7) is 3.73. The monoisotopic (exact) mass is 388 g/mol. The van der Waals surface area contributed by atoms with Crippen LogP contribution < -0.4 is 19.9 Å². The molecule has 6 nitrogen and oxygen atoms in total. The molecule has 6 heteroatoms. The van der Waals surface area contributed by atoms with Crippen molar-refractivity contribution in [3.05, 3.63) is 78.5 Å². The largest absolute Gasteiger partial charge is 0.497 e. The first-order valence-electron chi connectivity index (χ1n) is 9.69. The van der Waals surface area contributed by atoms with Crippen LogP contribution in [-0.2, 0) is 0 Å². The molecule has 1 N–H and O–H groups in total. The Morgan fingerprint density at radius 1 is 0.862 bits per heavy atom. The van der Waals surface area contributed by atoms with Crippen LogP contribution in [0, 0.1) is 0 Å². The number of ether oxygens (including phenoxy) is 1. The van der Waals surface area contributed by atoms with E-state index in [0.29, 0.717) is 11.4 Å². The highest BCUT2D eigenvalue weighted by atomic mass is 16.5. The van der Waals surface area contributed by atoms with Gasteiger partial charge in [-0.1, -0.05) is 18.2 Å². The number of carbonyl (C=O) groups is 1. The summed E-state index contributed by atoms with van der Waals surface area (Å²) in [5.74, 6) is 1.27. The van der Waals surface area contributed by atoms with Crippen LogP contribution in [0.15, 0.2) is 72.9 Å². The van der Waals surface area contributed by atoms with Gasteiger partial charge in [-0.3, -0.25) is 4.79 Å². The SMILES string of the molecule is COc1ccc(N2CCN(c3ccc(NC(=O)c4ccccc4)nc3)CC2)cc1. The number of anilines is 3. The molecule has 1 aliphatic heterocycles. The van der Waals surface area contributed by atoms with Crippen molar-refractivity contribution in [3.8, 4) is 5.75 Å². The number of carbonyl (C=O) groups excluding carboxylic acids is 1. The van der Waals surface area contributed by atoms with Gasteiger partial charge in [0, 0.05) is 37.4 Å². The van der Waals surface area contributed by atoms with Crippen molar-refractivity contribution in [1.29, 1.82) is 0 Å². The van der Waals surface area contributed by atoms with Crippen LogP contribution in [0.25, 0.3) is 0 Å². The molecule has 1 aliphatic rings. The molecule has 4 rings (SSSR count). The number of methoxy groups -OCH3 is 1. The predicted molar refractivity (Wildman–Crippen MR) is 116 cm³/mol. The number of hydrogen-bond acceptors (Lipinski definition) is 5. The molecule has 0 bridgehead atoms. The maximum absolute atomic E-state index is 12.2. The molecule has 2 aromatic carbocycles. The Kier molecular flexibility index (Phi) is 5.61. The van der Waals surface area contributed by atoms with E-state index in [1.807, 2.05) is 48.7 Å². The second-order valence-electron chi connectivity index (χ2n) is 6.89. The van der Waals surface area contributed by atoms with E-state index in [4.69, 9.17) is 4.74 Å². The summed E-state index contributed by atoms with van der Waals surface area (Å²) < 4.78 is 5.23. The van der Waals surface area contributed by atoms with E-state index in [1.165, 1.54) is 5.69 Å². The molecule has 0 radical (unpaired) electrons. The van der Waals surface area contributed by atoms with Crippen LogP contribution in [0.1, 0.15) is 10.4 Å². The van der Waals surface area contributed by atoms with E-state index < -0.39 is 0 Å². The van der Waals surface area contributed by atoms with Gasteiger partial charge in [-0.2, -0.15) is 0 Å². The third kappa shape index (κ3) is 4.48. The second-order valence-corrected chi connectivity index (χ2v) is 6.89. The van der Waals surface area contributed by atoms with Gasteiger partial charge in [0.2, 0.25) is 0 Å². The lowest BCUT2D eigenvalue weighted by Crippen LogP contribution is -2.46. The van der Waals surface area contributed by atoms with Crippen LogP contribution in [-0.4, -0.2) is 44.2 Å². The van der Waals surface area contributed by atoms with Crippen molar-refractivity contribution >= 4 is 23.1 Å². The zero-order chi connectivity index (χ0) is 20.1. The highest BCUT2D eigenvalue weighted by Gasteiger charge is 2.18. The number of hydrogen-bond donors (Lipinski definition) is 1. The number of piperazine rings is 1. The van der Waals surface area contributed by atoms with Gasteiger partial charge in [-0.05, 0) is 48.5 Å². The molecule has 3 aromatic rings. The topological polar surface area (TPSA) is 57.7 Å². The fraction of sp³-hybridized carbons (Fsp3) is 0.217. The van der Waals surface area contributed by atoms with Gasteiger partial charge in [0.25, 0.3) is 5.91 Å². The molecule has 0 spiro atoms. The molecule has 0 unspecified atom stereocenters. The third-order valence-corrected chi connectivity index (χ3v) is 5.11. The van der Waals surface area contributed by atoms with E-state index in [2.05, 4.69) is 32.2 Å². The van der Waals surface area contributed by atoms with Gasteiger partial charge >= 0.3 is 0 Å². The van der Waals surface area contributed by atoms with Gasteiger partial charge in [-0.25, -0.2) is 4.98 Å². The predicted octanol–water partition coefficient (Wildman–Crippen LogP) is 3.67. The number of nitrogens with one attached hydrogen (secondary N) is 1. The van der Waals surface area contributed by atoms with Gasteiger partial charge in [0.15, 0.2) is 0 Å². The van der Waals surface area contributed by atoms with E-state index in [-0.39, 0.29) is 5.91 Å². The first-order valence-corrected chi connectivity index (χ1v) is 9.69. The Hall–Kier alpha value is -3.54. The van der Waals surface area contributed by atoms with Gasteiger partial charge in [-0.15, -0.1) is 0 Å². The molecular formula is C23H24N4O2. The number of aromatic nitrogens is 1. The smallest absolute Gasteiger partial charge is 0.256 e. The Morgan fingerprint density at radius 3 is 2.07 bits per heavy atom. The molecule has 2 heterocycles. The fourth-order valence-electron chi connectivity index (χ4n) is 3.44. The van der Waals surface area contributed by atoms with E-state index >= 15 is 0 Å². The minimum absolute atomic E-state index is 0.154. The molecule has 148 valence electrons. The fourth-order valence-corrected chi connectivity index (χ4v) is 3.44. The number of benzene rings is 2. The van der Waals surface area contributed by atoms with Crippen LogP contribution in [0.3, 0.4) is 0 Å². The quantitative estimate of drug-likeness (QED) is 0.723. The van der Waals surface area contributed by atoms with Crippen molar-refractivity contribution < 1.29 is 9.53 Å². The number of rotatable bonds is 5. The van der Waals surface area contributed by atoms with Gasteiger partial charge < -0.3 is 19.9 Å². The molecule has 1 aromatic heterocycles. The van der Waals surface area contributed by atoms with Gasteiger partial charge in [0.1, 0.15) is 11.6 Å². The first kappa shape index (κ1) is 18.8. The summed E-state index contributed by atoms with van der Waals surface area (Å²) in [7, 11) is 1.68. The van der Waals surface area contributed by atoms with Crippen molar-refractivity contribution in [3.63, 3.8) is 0 Å². The molecule has 29 heavy (non-hydrogen) atoms. The summed E-state index contributed by atoms with van der Waals surface area (Å²) in [6.07, 6.45) is 1.82. The molecule has 1 amide bonds. The summed E-state index contributed by atoms with van der Waals surface area (Å²) in [4.78, 5) is 21.3. The summed E-state index contributed by atoms with van der Waals surface area (Å²) >= 11 is 0. The maximum Gasteiger partial charge on any atom is 0.256 e. The second kappa shape index (κ2) is 8.65. The summed E-state index contributed by atoms with van der Waals surface area (Å²) in [5.41, 5.74) is 2.90. The van der Waals surface area contributed by atoms with Crippen molar-refractivity contribution in [1.82, 2.24) is 4.98 Å². The summed E-state index contributed by atoms with van der Waals surface area (Å²) in [6, 6.07) is 21.2. The van der Waals surface area contributed by atoms with Crippen molar-refractivity contribution in [2.24, 2.45) is 0 Å². The average Bonchev–Trinajstić information content (AvgIpc) is 2.80. The molecule has 1 saturated heterocycles.